The van der Waals surface area contributed by atoms with E-state index in [2.05, 4.69) is 6.92 Å². The van der Waals surface area contributed by atoms with Gasteiger partial charge >= 0.3 is 0 Å². The van der Waals surface area contributed by atoms with Gasteiger partial charge in [-0.05, 0) is 30.7 Å². The van der Waals surface area contributed by atoms with E-state index in [9.17, 15) is 4.79 Å². The van der Waals surface area contributed by atoms with Gasteiger partial charge in [0.05, 0.1) is 12.2 Å². The molecule has 1 aromatic carbocycles. The Kier molecular flexibility index (Phi) is 3.60. The van der Waals surface area contributed by atoms with Crippen molar-refractivity contribution < 1.29 is 13.9 Å². The fourth-order valence-electron chi connectivity index (χ4n) is 1.57. The summed E-state index contributed by atoms with van der Waals surface area (Å²) in [5.74, 6) is 1.75. The van der Waals surface area contributed by atoms with Crippen molar-refractivity contribution in [3.63, 3.8) is 0 Å². The Morgan fingerprint density at radius 1 is 1.24 bits per heavy atom. The molecule has 0 aliphatic rings. The first-order valence-corrected chi connectivity index (χ1v) is 5.62. The third-order valence-electron chi connectivity index (χ3n) is 2.36. The Hall–Kier alpha value is -2.03. The van der Waals surface area contributed by atoms with E-state index in [0.717, 1.165) is 17.7 Å². The van der Waals surface area contributed by atoms with Gasteiger partial charge in [0, 0.05) is 0 Å². The summed E-state index contributed by atoms with van der Waals surface area (Å²) in [4.78, 5) is 10.6. The zero-order chi connectivity index (χ0) is 12.1. The lowest BCUT2D eigenvalue weighted by Crippen LogP contribution is -1.96. The predicted molar refractivity (Wildman–Crippen MR) is 65.3 cm³/mol. The fourth-order valence-corrected chi connectivity index (χ4v) is 1.57. The molecule has 0 spiro atoms. The number of furan rings is 1. The molecule has 0 amide bonds. The summed E-state index contributed by atoms with van der Waals surface area (Å²) in [7, 11) is 0. The molecule has 0 unspecified atom stereocenters. The molecule has 1 aromatic heterocycles. The molecule has 0 aliphatic carbocycles. The number of rotatable bonds is 5. The Morgan fingerprint density at radius 3 is 2.76 bits per heavy atom. The average Bonchev–Trinajstić information content (AvgIpc) is 2.85. The van der Waals surface area contributed by atoms with Gasteiger partial charge < -0.3 is 9.15 Å². The lowest BCUT2D eigenvalue weighted by molar-refractivity contribution is 0.110. The van der Waals surface area contributed by atoms with Crippen LogP contribution in [-0.4, -0.2) is 12.9 Å². The van der Waals surface area contributed by atoms with E-state index < -0.39 is 0 Å². The van der Waals surface area contributed by atoms with Gasteiger partial charge in [0.15, 0.2) is 12.0 Å². The van der Waals surface area contributed by atoms with Crippen LogP contribution >= 0.6 is 0 Å². The summed E-state index contributed by atoms with van der Waals surface area (Å²) < 4.78 is 11.0. The molecule has 1 heterocycles. The number of hydrogen-bond acceptors (Lipinski definition) is 3. The molecule has 3 nitrogen and oxygen atoms in total. The number of carbonyl (C=O) groups is 1. The largest absolute Gasteiger partial charge is 0.493 e. The van der Waals surface area contributed by atoms with E-state index in [4.69, 9.17) is 9.15 Å². The summed E-state index contributed by atoms with van der Waals surface area (Å²) >= 11 is 0. The fraction of sp³-hybridized carbons (Fsp3) is 0.214. The smallest absolute Gasteiger partial charge is 0.185 e. The number of aldehydes is 1. The van der Waals surface area contributed by atoms with E-state index in [1.54, 1.807) is 12.1 Å². The first-order valence-electron chi connectivity index (χ1n) is 5.62. The van der Waals surface area contributed by atoms with Crippen LogP contribution in [0, 0.1) is 0 Å². The van der Waals surface area contributed by atoms with Crippen LogP contribution in [0.15, 0.2) is 40.8 Å². The third kappa shape index (κ3) is 2.56. The molecule has 2 aromatic rings. The minimum Gasteiger partial charge on any atom is -0.493 e. The molecule has 2 rings (SSSR count). The van der Waals surface area contributed by atoms with Crippen LogP contribution in [0.3, 0.4) is 0 Å². The molecular weight excluding hydrogens is 216 g/mol. The molecule has 3 heteroatoms. The molecule has 0 atom stereocenters. The van der Waals surface area contributed by atoms with E-state index >= 15 is 0 Å². The molecule has 17 heavy (non-hydrogen) atoms. The highest BCUT2D eigenvalue weighted by atomic mass is 16.5. The zero-order valence-electron chi connectivity index (χ0n) is 9.68. The zero-order valence-corrected chi connectivity index (χ0v) is 9.68. The van der Waals surface area contributed by atoms with E-state index in [-0.39, 0.29) is 0 Å². The first-order chi connectivity index (χ1) is 8.35. The summed E-state index contributed by atoms with van der Waals surface area (Å²) in [6.45, 7) is 2.72. The van der Waals surface area contributed by atoms with Gasteiger partial charge in [0.1, 0.15) is 11.5 Å². The van der Waals surface area contributed by atoms with Gasteiger partial charge in [-0.1, -0.05) is 19.1 Å². The van der Waals surface area contributed by atoms with Crippen LogP contribution in [0.25, 0.3) is 11.3 Å². The second-order valence-corrected chi connectivity index (χ2v) is 3.66. The number of benzene rings is 1. The molecule has 0 N–H and O–H groups in total. The number of carbonyl (C=O) groups excluding carboxylic acids is 1. The molecule has 0 aliphatic heterocycles. The van der Waals surface area contributed by atoms with Crippen LogP contribution < -0.4 is 4.74 Å². The van der Waals surface area contributed by atoms with E-state index in [0.29, 0.717) is 24.4 Å². The average molecular weight is 230 g/mol. The highest BCUT2D eigenvalue weighted by molar-refractivity contribution is 5.74. The molecule has 88 valence electrons. The maximum Gasteiger partial charge on any atom is 0.185 e. The van der Waals surface area contributed by atoms with Gasteiger partial charge in [-0.3, -0.25) is 4.79 Å². The van der Waals surface area contributed by atoms with Crippen LogP contribution in [0.1, 0.15) is 23.9 Å². The number of hydrogen-bond donors (Lipinski definition) is 0. The molecule has 0 saturated carbocycles. The molecular formula is C14H14O3. The van der Waals surface area contributed by atoms with Crippen molar-refractivity contribution in [2.75, 3.05) is 6.61 Å². The lowest BCUT2D eigenvalue weighted by atomic mass is 10.1. The highest BCUT2D eigenvalue weighted by Crippen LogP contribution is 2.30. The monoisotopic (exact) mass is 230 g/mol. The van der Waals surface area contributed by atoms with Crippen LogP contribution in [0.4, 0.5) is 0 Å². The van der Waals surface area contributed by atoms with Crippen molar-refractivity contribution in [1.82, 2.24) is 0 Å². The number of ether oxygens (including phenoxy) is 1. The predicted octanol–water partition coefficient (Wildman–Crippen LogP) is 3.55. The van der Waals surface area contributed by atoms with Gasteiger partial charge in [-0.2, -0.15) is 0 Å². The summed E-state index contributed by atoms with van der Waals surface area (Å²) in [6.07, 6.45) is 1.64. The van der Waals surface area contributed by atoms with Crippen molar-refractivity contribution in [3.8, 4) is 17.1 Å². The van der Waals surface area contributed by atoms with Gasteiger partial charge in [0.25, 0.3) is 0 Å². The summed E-state index contributed by atoms with van der Waals surface area (Å²) in [5.41, 5.74) is 0.869. The van der Waals surface area contributed by atoms with Crippen molar-refractivity contribution >= 4 is 6.29 Å². The SMILES string of the molecule is CCCOc1ccccc1-c1ccc(C=O)o1. The normalized spacial score (nSPS) is 10.2. The van der Waals surface area contributed by atoms with Crippen molar-refractivity contribution in [2.45, 2.75) is 13.3 Å². The molecule has 0 saturated heterocycles. The Labute approximate surface area is 100 Å². The summed E-state index contributed by atoms with van der Waals surface area (Å²) in [5, 5.41) is 0. The van der Waals surface area contributed by atoms with Crippen LogP contribution in [0.2, 0.25) is 0 Å². The third-order valence-corrected chi connectivity index (χ3v) is 2.36. The quantitative estimate of drug-likeness (QED) is 0.737. The molecule has 0 fully saturated rings. The van der Waals surface area contributed by atoms with E-state index in [1.165, 1.54) is 0 Å². The minimum absolute atomic E-state index is 0.324. The lowest BCUT2D eigenvalue weighted by Gasteiger charge is -2.08. The Balaban J connectivity index is 2.33. The van der Waals surface area contributed by atoms with Crippen LogP contribution in [0.5, 0.6) is 5.75 Å². The standard InChI is InChI=1S/C14H14O3/c1-2-9-16-13-6-4-3-5-12(13)14-8-7-11(10-15)17-14/h3-8,10H,2,9H2,1H3. The maximum absolute atomic E-state index is 10.6. The van der Waals surface area contributed by atoms with Gasteiger partial charge in [-0.25, -0.2) is 0 Å². The Bertz CT molecular complexity index is 500. The second-order valence-electron chi connectivity index (χ2n) is 3.66. The Morgan fingerprint density at radius 2 is 2.06 bits per heavy atom. The highest BCUT2D eigenvalue weighted by Gasteiger charge is 2.09. The summed E-state index contributed by atoms with van der Waals surface area (Å²) in [6, 6.07) is 11.1. The van der Waals surface area contributed by atoms with Crippen molar-refractivity contribution in [1.29, 1.82) is 0 Å². The molecule has 0 bridgehead atoms. The van der Waals surface area contributed by atoms with E-state index in [1.807, 2.05) is 24.3 Å². The van der Waals surface area contributed by atoms with Crippen molar-refractivity contribution in [2.24, 2.45) is 0 Å². The topological polar surface area (TPSA) is 39.4 Å². The molecule has 0 radical (unpaired) electrons. The first kappa shape index (κ1) is 11.5. The number of para-hydroxylation sites is 1. The minimum atomic E-state index is 0.324. The van der Waals surface area contributed by atoms with Gasteiger partial charge in [0.2, 0.25) is 0 Å². The van der Waals surface area contributed by atoms with Crippen LogP contribution in [-0.2, 0) is 0 Å². The second kappa shape index (κ2) is 5.34. The van der Waals surface area contributed by atoms with Gasteiger partial charge in [-0.15, -0.1) is 0 Å². The maximum atomic E-state index is 10.6. The van der Waals surface area contributed by atoms with Crippen molar-refractivity contribution in [3.05, 3.63) is 42.2 Å².